The summed E-state index contributed by atoms with van der Waals surface area (Å²) in [5, 5.41) is 7.54. The van der Waals surface area contributed by atoms with Crippen LogP contribution in [-0.4, -0.2) is 0 Å². The molecule has 1 nitrogen and oxygen atoms in total. The van der Waals surface area contributed by atoms with Crippen molar-refractivity contribution in [2.45, 2.75) is 53.4 Å². The lowest BCUT2D eigenvalue weighted by Gasteiger charge is -2.33. The van der Waals surface area contributed by atoms with E-state index in [1.165, 1.54) is 88.1 Å². The molecule has 0 bridgehead atoms. The van der Waals surface area contributed by atoms with E-state index in [9.17, 15) is 0 Å². The summed E-state index contributed by atoms with van der Waals surface area (Å²) in [6.07, 6.45) is 8.24. The minimum absolute atomic E-state index is 0.0625. The molecule has 0 aromatic heterocycles. The molecule has 1 atom stereocenters. The molecule has 63 heavy (non-hydrogen) atoms. The van der Waals surface area contributed by atoms with Gasteiger partial charge in [0.1, 0.15) is 0 Å². The average molecular weight is 814 g/mol. The molecule has 308 valence electrons. The van der Waals surface area contributed by atoms with Crippen molar-refractivity contribution in [1.82, 2.24) is 0 Å². The first-order valence-corrected chi connectivity index (χ1v) is 22.5. The highest BCUT2D eigenvalue weighted by Gasteiger charge is 2.27. The Hall–Kier alpha value is -6.96. The van der Waals surface area contributed by atoms with Gasteiger partial charge in [-0.2, -0.15) is 0 Å². The van der Waals surface area contributed by atoms with Crippen molar-refractivity contribution in [3.05, 3.63) is 218 Å². The fraction of sp³-hybridized carbons (Fsp3) is 0.161. The van der Waals surface area contributed by atoms with E-state index in [1.54, 1.807) is 0 Å². The molecule has 0 saturated heterocycles. The van der Waals surface area contributed by atoms with Crippen LogP contribution in [0.5, 0.6) is 0 Å². The molecule has 0 spiro atoms. The standard InChI is InChI=1S/C62H55N/c1-61(2,3)47-30-34-49(35-31-47)63(50-36-32-48(33-37-50)62(4,5)6)51-38-39-54-57(40-51)52-24-16-17-25-53(52)59-56(45-22-14-9-15-23-45)41-55(44-20-12-8-13-21-44)58(60(54)59)46-28-26-43(27-29-46)42-18-10-7-11-19-42/h7-32,34-41,48H,33H2,1-6H3. The Balaban J connectivity index is 1.29. The van der Waals surface area contributed by atoms with E-state index in [-0.39, 0.29) is 10.8 Å². The van der Waals surface area contributed by atoms with Crippen LogP contribution in [0.25, 0.3) is 76.8 Å². The molecule has 0 radical (unpaired) electrons. The van der Waals surface area contributed by atoms with Gasteiger partial charge in [0.05, 0.1) is 0 Å². The van der Waals surface area contributed by atoms with Crippen LogP contribution in [0, 0.1) is 11.3 Å². The first-order valence-electron chi connectivity index (χ1n) is 22.5. The second-order valence-corrected chi connectivity index (χ2v) is 19.4. The van der Waals surface area contributed by atoms with Crippen molar-refractivity contribution in [2.75, 3.05) is 4.90 Å². The third-order valence-corrected chi connectivity index (χ3v) is 13.2. The number of allylic oxidation sites excluding steroid dienone is 3. The fourth-order valence-corrected chi connectivity index (χ4v) is 9.71. The number of rotatable bonds is 7. The molecule has 9 aromatic carbocycles. The molecule has 0 N–H and O–H groups in total. The van der Waals surface area contributed by atoms with Crippen molar-refractivity contribution in [2.24, 2.45) is 11.3 Å². The van der Waals surface area contributed by atoms with Gasteiger partial charge in [0.15, 0.2) is 0 Å². The molecular weight excluding hydrogens is 759 g/mol. The van der Waals surface area contributed by atoms with Crippen molar-refractivity contribution in [3.63, 3.8) is 0 Å². The van der Waals surface area contributed by atoms with Gasteiger partial charge < -0.3 is 4.90 Å². The lowest BCUT2D eigenvalue weighted by atomic mass is 9.77. The van der Waals surface area contributed by atoms with E-state index in [1.807, 2.05) is 0 Å². The van der Waals surface area contributed by atoms with Gasteiger partial charge in [-0.25, -0.2) is 0 Å². The number of hydrogen-bond acceptors (Lipinski definition) is 1. The van der Waals surface area contributed by atoms with Crippen LogP contribution < -0.4 is 4.90 Å². The highest BCUT2D eigenvalue weighted by Crippen LogP contribution is 2.50. The molecule has 0 amide bonds. The van der Waals surface area contributed by atoms with Crippen molar-refractivity contribution in [1.29, 1.82) is 0 Å². The maximum atomic E-state index is 2.47. The van der Waals surface area contributed by atoms with E-state index in [4.69, 9.17) is 0 Å². The fourth-order valence-electron chi connectivity index (χ4n) is 9.71. The van der Waals surface area contributed by atoms with Gasteiger partial charge in [0, 0.05) is 17.1 Å². The smallest absolute Gasteiger partial charge is 0.0468 e. The van der Waals surface area contributed by atoms with E-state index in [2.05, 4.69) is 253 Å². The normalized spacial score (nSPS) is 14.3. The first-order chi connectivity index (χ1) is 30.5. The summed E-state index contributed by atoms with van der Waals surface area (Å²) in [5.41, 5.74) is 14.9. The van der Waals surface area contributed by atoms with Gasteiger partial charge in [-0.3, -0.25) is 0 Å². The quantitative estimate of drug-likeness (QED) is 0.145. The molecule has 1 unspecified atom stereocenters. The number of benzene rings is 9. The number of nitrogens with zero attached hydrogens (tertiary/aromatic N) is 1. The Labute approximate surface area is 373 Å². The molecular formula is C62H55N. The van der Waals surface area contributed by atoms with Crippen LogP contribution in [0.4, 0.5) is 11.4 Å². The molecule has 9 aromatic rings. The zero-order valence-electron chi connectivity index (χ0n) is 37.4. The summed E-state index contributed by atoms with van der Waals surface area (Å²) in [7, 11) is 0. The number of anilines is 2. The molecule has 0 heterocycles. The zero-order valence-corrected chi connectivity index (χ0v) is 37.4. The van der Waals surface area contributed by atoms with Gasteiger partial charge in [0.2, 0.25) is 0 Å². The maximum Gasteiger partial charge on any atom is 0.0468 e. The predicted molar refractivity (Wildman–Crippen MR) is 273 cm³/mol. The maximum absolute atomic E-state index is 2.47. The third-order valence-electron chi connectivity index (χ3n) is 13.2. The van der Waals surface area contributed by atoms with Crippen LogP contribution in [0.3, 0.4) is 0 Å². The van der Waals surface area contributed by atoms with E-state index in [0.717, 1.165) is 17.8 Å². The minimum atomic E-state index is 0.0625. The Bertz CT molecular complexity index is 3160. The summed E-state index contributed by atoms with van der Waals surface area (Å²) in [5.74, 6) is 0.482. The van der Waals surface area contributed by atoms with Crippen LogP contribution in [0.2, 0.25) is 0 Å². The highest BCUT2D eigenvalue weighted by atomic mass is 15.1. The Morgan fingerprint density at radius 2 is 0.952 bits per heavy atom. The number of fused-ring (bicyclic) bond motifs is 6. The summed E-state index contributed by atoms with van der Waals surface area (Å²) >= 11 is 0. The van der Waals surface area contributed by atoms with E-state index >= 15 is 0 Å². The van der Waals surface area contributed by atoms with Crippen molar-refractivity contribution < 1.29 is 0 Å². The van der Waals surface area contributed by atoms with Gasteiger partial charge in [-0.15, -0.1) is 0 Å². The molecule has 0 aliphatic heterocycles. The average Bonchev–Trinajstić information content (AvgIpc) is 3.32. The molecule has 1 heteroatoms. The van der Waals surface area contributed by atoms with E-state index in [0.29, 0.717) is 5.92 Å². The van der Waals surface area contributed by atoms with Crippen molar-refractivity contribution >= 4 is 43.7 Å². The third kappa shape index (κ3) is 7.57. The first kappa shape index (κ1) is 40.1. The van der Waals surface area contributed by atoms with Gasteiger partial charge in [0.25, 0.3) is 0 Å². The SMILES string of the molecule is CC(C)(C)c1ccc(N(C2=CCC(C(C)(C)C)C=C2)c2ccc3c(c2)c2ccccc2c2c(-c4ccccc4)cc(-c4ccccc4)c(-c4ccc(-c5ccccc5)cc4)c32)cc1. The summed E-state index contributed by atoms with van der Waals surface area (Å²) in [6, 6.07) is 69.8. The molecule has 10 rings (SSSR count). The number of hydrogen-bond donors (Lipinski definition) is 0. The van der Waals surface area contributed by atoms with Gasteiger partial charge in [-0.05, 0) is 142 Å². The molecule has 0 saturated carbocycles. The predicted octanol–water partition coefficient (Wildman–Crippen LogP) is 17.8. The van der Waals surface area contributed by atoms with Gasteiger partial charge >= 0.3 is 0 Å². The lowest BCUT2D eigenvalue weighted by Crippen LogP contribution is -2.23. The second-order valence-electron chi connectivity index (χ2n) is 19.4. The van der Waals surface area contributed by atoms with Gasteiger partial charge in [-0.1, -0.05) is 211 Å². The summed E-state index contributed by atoms with van der Waals surface area (Å²) < 4.78 is 0. The Morgan fingerprint density at radius 3 is 1.54 bits per heavy atom. The Kier molecular flexibility index (Phi) is 10.2. The van der Waals surface area contributed by atoms with E-state index < -0.39 is 0 Å². The van der Waals surface area contributed by atoms with Crippen LogP contribution >= 0.6 is 0 Å². The molecule has 1 aliphatic carbocycles. The zero-order chi connectivity index (χ0) is 43.3. The minimum Gasteiger partial charge on any atom is -0.311 e. The van der Waals surface area contributed by atoms with Crippen LogP contribution in [0.1, 0.15) is 53.5 Å². The second kappa shape index (κ2) is 16.1. The topological polar surface area (TPSA) is 3.24 Å². The highest BCUT2D eigenvalue weighted by molar-refractivity contribution is 6.33. The van der Waals surface area contributed by atoms with Crippen LogP contribution in [-0.2, 0) is 5.41 Å². The molecule has 0 fully saturated rings. The monoisotopic (exact) mass is 813 g/mol. The van der Waals surface area contributed by atoms with Crippen molar-refractivity contribution in [3.8, 4) is 44.5 Å². The molecule has 1 aliphatic rings. The summed E-state index contributed by atoms with van der Waals surface area (Å²) in [6.45, 7) is 13.9. The van der Waals surface area contributed by atoms with Crippen LogP contribution in [0.15, 0.2) is 212 Å². The Morgan fingerprint density at radius 1 is 0.429 bits per heavy atom. The lowest BCUT2D eigenvalue weighted by molar-refractivity contribution is 0.293. The largest absolute Gasteiger partial charge is 0.311 e. The summed E-state index contributed by atoms with van der Waals surface area (Å²) in [4.78, 5) is 2.47.